The predicted molar refractivity (Wildman–Crippen MR) is 407 cm³/mol. The van der Waals surface area contributed by atoms with Gasteiger partial charge in [0.1, 0.15) is 0 Å². The van der Waals surface area contributed by atoms with E-state index in [-0.39, 0.29) is 153 Å². The molecule has 0 aliphatic carbocycles. The maximum absolute atomic E-state index is 4.95. The molecular weight excluding hydrogens is 1560 g/mol. The van der Waals surface area contributed by atoms with Gasteiger partial charge in [0.05, 0.1) is 0 Å². The summed E-state index contributed by atoms with van der Waals surface area (Å²) in [6.45, 7) is 0. The second-order valence-corrected chi connectivity index (χ2v) is 10.4. The minimum Gasteiger partial charge on any atom is -0.106 e. The van der Waals surface area contributed by atoms with Gasteiger partial charge in [-0.25, -0.2) is 0 Å². The van der Waals surface area contributed by atoms with Crippen LogP contribution in [-0.4, -0.2) is 0 Å². The Morgan fingerprint density at radius 2 is 0.168 bits per heavy atom. The van der Waals surface area contributed by atoms with E-state index in [0.29, 0.717) is 0 Å². The van der Waals surface area contributed by atoms with E-state index in [2.05, 4.69) is 466 Å². The number of rotatable bonds is 0. The standard InChI is InChI=1S/C80HI.12CH4.U.Y/c1-2-3-4-5-6-7-8-9-10-11-12-13-14-15-16-17-18-19-20-21-22-23-24-25-26-27-28-29-30-31-32-33-34-35-36-37-38-39-40-41-42-43-44-45-46-47-48-49-50-51-52-53-54-55-56-57-58-59-60-61-62-63-64-65-66-67-68-69-70-71-72-73-74-75-76-77-78-79-80-81;;;;;;;;;;;;;;/h1H;12*1H4;;. The van der Waals surface area contributed by atoms with Gasteiger partial charge < -0.3 is 0 Å². The molecule has 1 radical (unpaired) electrons. The molecule has 0 bridgehead atoms. The van der Waals surface area contributed by atoms with Gasteiger partial charge in [-0.2, -0.15) is 0 Å². The van der Waals surface area contributed by atoms with Crippen LogP contribution in [0.25, 0.3) is 0 Å². The third-order valence-electron chi connectivity index (χ3n) is 4.87. The number of hydrogen-bond donors (Lipinski definition) is 0. The first kappa shape index (κ1) is 118. The molecule has 0 spiro atoms. The fraction of sp³-hybridized carbons (Fsp3) is 0.130. The zero-order chi connectivity index (χ0) is 57.9. The van der Waals surface area contributed by atoms with Crippen molar-refractivity contribution in [3.8, 4) is 472 Å². The molecule has 0 fully saturated rings. The monoisotopic (exact) mass is 1610 g/mol. The quantitative estimate of drug-likeness (QED) is 0.168. The van der Waals surface area contributed by atoms with Gasteiger partial charge >= 0.3 is 0 Å². The molecule has 0 aliphatic rings. The Balaban J connectivity index is -0.000000352. The van der Waals surface area contributed by atoms with E-state index >= 15 is 0 Å². The molecular formula is C92H49IUY. The molecule has 95 heavy (non-hydrogen) atoms. The van der Waals surface area contributed by atoms with E-state index in [1.54, 1.807) is 0 Å². The van der Waals surface area contributed by atoms with Gasteiger partial charge in [-0.05, 0) is 98.7 Å². The molecule has 0 unspecified atom stereocenters. The van der Waals surface area contributed by atoms with Crippen molar-refractivity contribution < 1.29 is 63.8 Å². The van der Waals surface area contributed by atoms with Gasteiger partial charge in [0.25, 0.3) is 0 Å². The molecule has 0 atom stereocenters. The Morgan fingerprint density at radius 1 is 0.116 bits per heavy atom. The molecule has 0 heterocycles. The van der Waals surface area contributed by atoms with Crippen LogP contribution >= 0.6 is 22.6 Å². The van der Waals surface area contributed by atoms with Crippen molar-refractivity contribution in [2.75, 3.05) is 0 Å². The summed E-state index contributed by atoms with van der Waals surface area (Å²) in [5.41, 5.74) is 0. The summed E-state index contributed by atoms with van der Waals surface area (Å²) < 4.78 is 2.59. The van der Waals surface area contributed by atoms with Crippen molar-refractivity contribution in [2.24, 2.45) is 0 Å². The average Bonchev–Trinajstić information content (AvgIpc) is 3.48. The summed E-state index contributed by atoms with van der Waals surface area (Å²) >= 11 is 1.88. The minimum absolute atomic E-state index is 0. The molecule has 0 saturated carbocycles. The smallest absolute Gasteiger partial charge is 0.0192 e. The van der Waals surface area contributed by atoms with Crippen molar-refractivity contribution in [1.29, 1.82) is 0 Å². The molecule has 431 valence electrons. The molecule has 0 aromatic carbocycles. The van der Waals surface area contributed by atoms with Crippen LogP contribution < -0.4 is 0 Å². The van der Waals surface area contributed by atoms with E-state index < -0.39 is 0 Å². The molecule has 3 heteroatoms. The Bertz CT molecular complexity index is 5510. The third-order valence-corrected chi connectivity index (χ3v) is 5.14. The summed E-state index contributed by atoms with van der Waals surface area (Å²) in [5.74, 6) is 194. The molecule has 0 N–H and O–H groups in total. The first-order chi connectivity index (χ1) is 40.4. The third kappa shape index (κ3) is 118. The molecule has 0 aromatic heterocycles. The first-order valence-corrected chi connectivity index (χ1v) is 21.1. The van der Waals surface area contributed by atoms with Crippen LogP contribution in [0.2, 0.25) is 0 Å². The van der Waals surface area contributed by atoms with Gasteiger partial charge in [-0.3, -0.25) is 0 Å². The SMILES string of the molecule is C.C.C.C.C.C.C.C.C.C.C.C.C#CC#CC#CC#CC#CC#CC#CC#CC#CC#CC#CC#CC#CC#CC#CC#CC#CC#CC#CC#CC#CC#CC#CC#CC#CC#CC#CC#CC#CC#CC#CC#CC#CC#CC#CC#CC#CC#CC#CC#CI.[U].[Y]. The Kier molecular flexibility index (Phi) is 147. The number of hydrogen-bond acceptors (Lipinski definition) is 0. The largest absolute Gasteiger partial charge is 0.106 e. The van der Waals surface area contributed by atoms with Gasteiger partial charge in [0, 0.05) is 453 Å². The maximum Gasteiger partial charge on any atom is 0.0192 e. The van der Waals surface area contributed by atoms with Gasteiger partial charge in [0.15, 0.2) is 0 Å². The van der Waals surface area contributed by atoms with Crippen molar-refractivity contribution in [3.63, 3.8) is 0 Å². The van der Waals surface area contributed by atoms with E-state index in [1.165, 1.54) is 0 Å². The second kappa shape index (κ2) is 118. The van der Waals surface area contributed by atoms with E-state index in [1.807, 2.05) is 22.6 Å². The molecule has 0 nitrogen and oxygen atoms in total. The number of terminal acetylenes is 1. The molecule has 0 aromatic rings. The van der Waals surface area contributed by atoms with Crippen LogP contribution in [-0.2, 0) is 32.7 Å². The van der Waals surface area contributed by atoms with Crippen molar-refractivity contribution >= 4 is 22.6 Å². The summed E-state index contributed by atoms with van der Waals surface area (Å²) in [7, 11) is 0. The molecule has 0 amide bonds. The van der Waals surface area contributed by atoms with Gasteiger partial charge in [-0.15, -0.1) is 6.42 Å². The summed E-state index contributed by atoms with van der Waals surface area (Å²) in [5, 5.41) is 0. The summed E-state index contributed by atoms with van der Waals surface area (Å²) in [6, 6.07) is 0. The van der Waals surface area contributed by atoms with E-state index in [9.17, 15) is 0 Å². The predicted octanol–water partition coefficient (Wildman–Crippen LogP) is 8.78. The summed E-state index contributed by atoms with van der Waals surface area (Å²) in [4.78, 5) is 0. The van der Waals surface area contributed by atoms with Crippen LogP contribution in [0.5, 0.6) is 0 Å². The van der Waals surface area contributed by atoms with Crippen LogP contribution in [0.1, 0.15) is 89.1 Å². The van der Waals surface area contributed by atoms with E-state index in [4.69, 9.17) is 6.42 Å². The Hall–Kier alpha value is -14.7. The first-order valence-electron chi connectivity index (χ1n) is 20.0. The number of halogens is 1. The van der Waals surface area contributed by atoms with Crippen molar-refractivity contribution in [2.45, 2.75) is 89.1 Å². The Morgan fingerprint density at radius 3 is 0.221 bits per heavy atom. The molecule has 0 saturated heterocycles. The zero-order valence-electron chi connectivity index (χ0n) is 41.5. The topological polar surface area (TPSA) is 0 Å². The van der Waals surface area contributed by atoms with Crippen molar-refractivity contribution in [3.05, 3.63) is 0 Å². The van der Waals surface area contributed by atoms with Crippen LogP contribution in [0.4, 0.5) is 0 Å². The van der Waals surface area contributed by atoms with Crippen LogP contribution in [0.3, 0.4) is 0 Å². The second-order valence-electron chi connectivity index (χ2n) is 9.86. The average molecular weight is 1610 g/mol. The van der Waals surface area contributed by atoms with Gasteiger partial charge in [-0.1, -0.05) is 89.1 Å². The van der Waals surface area contributed by atoms with Crippen molar-refractivity contribution in [1.82, 2.24) is 0 Å². The van der Waals surface area contributed by atoms with E-state index in [0.717, 1.165) is 0 Å². The molecule has 0 aliphatic heterocycles. The fourth-order valence-electron chi connectivity index (χ4n) is 2.40. The minimum atomic E-state index is 0. The van der Waals surface area contributed by atoms with Gasteiger partial charge in [0.2, 0.25) is 0 Å². The maximum atomic E-state index is 4.95. The molecule has 0 rings (SSSR count). The zero-order valence-corrected chi connectivity index (χ0v) is 50.7. The summed E-state index contributed by atoms with van der Waals surface area (Å²) in [6.07, 6.45) is 4.95. The van der Waals surface area contributed by atoms with Crippen LogP contribution in [0.15, 0.2) is 0 Å². The normalized spacial score (nSPS) is 3.37. The fourth-order valence-corrected chi connectivity index (χ4v) is 2.54. The Labute approximate surface area is 641 Å². The van der Waals surface area contributed by atoms with Crippen LogP contribution in [0, 0.1) is 503 Å².